The van der Waals surface area contributed by atoms with Gasteiger partial charge in [-0.3, -0.25) is 4.79 Å². The molecule has 0 radical (unpaired) electrons. The molecule has 2 aromatic carbocycles. The maximum absolute atomic E-state index is 11.5. The summed E-state index contributed by atoms with van der Waals surface area (Å²) in [6.07, 6.45) is 2.66. The fourth-order valence-corrected chi connectivity index (χ4v) is 2.76. The van der Waals surface area contributed by atoms with E-state index in [1.165, 1.54) is 25.8 Å². The van der Waals surface area contributed by atoms with Crippen LogP contribution in [0.4, 0.5) is 0 Å². The first-order valence-corrected chi connectivity index (χ1v) is 9.25. The van der Waals surface area contributed by atoms with Gasteiger partial charge in [0.2, 0.25) is 11.8 Å². The highest BCUT2D eigenvalue weighted by molar-refractivity contribution is 5.88. The number of para-hydroxylation sites is 2. The number of carboxylic acids is 1. The summed E-state index contributed by atoms with van der Waals surface area (Å²) in [4.78, 5) is 19.7. The average molecular weight is 417 g/mol. The third-order valence-electron chi connectivity index (χ3n) is 4.33. The Labute approximate surface area is 179 Å². The molecule has 0 aliphatic heterocycles. The van der Waals surface area contributed by atoms with E-state index >= 15 is 0 Å². The van der Waals surface area contributed by atoms with Crippen molar-refractivity contribution in [3.05, 3.63) is 78.3 Å². The van der Waals surface area contributed by atoms with Crippen LogP contribution >= 0.6 is 0 Å². The predicted molar refractivity (Wildman–Crippen MR) is 112 cm³/mol. The molecule has 0 aliphatic carbocycles. The lowest BCUT2D eigenvalue weighted by Gasteiger charge is -2.16. The van der Waals surface area contributed by atoms with Gasteiger partial charge in [0.05, 0.1) is 30.9 Å². The summed E-state index contributed by atoms with van der Waals surface area (Å²) in [7, 11) is 1.45. The van der Waals surface area contributed by atoms with Crippen molar-refractivity contribution in [2.45, 2.75) is 6.92 Å². The largest absolute Gasteiger partial charge is 0.504 e. The summed E-state index contributed by atoms with van der Waals surface area (Å²) in [5, 5.41) is 18.7. The van der Waals surface area contributed by atoms with Gasteiger partial charge in [0.25, 0.3) is 0 Å². The van der Waals surface area contributed by atoms with E-state index < -0.39 is 11.9 Å². The Morgan fingerprint density at radius 2 is 1.68 bits per heavy atom. The Bertz CT molecular complexity index is 1150. The molecular formula is C23H19N3O5. The van der Waals surface area contributed by atoms with Crippen LogP contribution in [0.5, 0.6) is 23.3 Å². The van der Waals surface area contributed by atoms with Crippen LogP contribution in [0.15, 0.2) is 67.2 Å². The van der Waals surface area contributed by atoms with E-state index in [2.05, 4.69) is 16.0 Å². The molecule has 1 unspecified atom stereocenters. The fraction of sp³-hybridized carbons (Fsp3) is 0.130. The Kier molecular flexibility index (Phi) is 6.81. The minimum absolute atomic E-state index is 0.187. The topological polar surface area (TPSA) is 115 Å². The predicted octanol–water partition coefficient (Wildman–Crippen LogP) is 4.64. The van der Waals surface area contributed by atoms with E-state index in [9.17, 15) is 15.2 Å². The monoisotopic (exact) mass is 417 g/mol. The van der Waals surface area contributed by atoms with Gasteiger partial charge < -0.3 is 19.3 Å². The van der Waals surface area contributed by atoms with Crippen molar-refractivity contribution in [2.24, 2.45) is 5.92 Å². The molecule has 0 saturated carbocycles. The van der Waals surface area contributed by atoms with Gasteiger partial charge in [0.1, 0.15) is 23.9 Å². The summed E-state index contributed by atoms with van der Waals surface area (Å²) in [6, 6.07) is 17.3. The number of aromatic nitrogens is 2. The van der Waals surface area contributed by atoms with E-state index in [0.29, 0.717) is 28.2 Å². The molecule has 1 heterocycles. The zero-order valence-corrected chi connectivity index (χ0v) is 16.9. The molecule has 3 rings (SSSR count). The summed E-state index contributed by atoms with van der Waals surface area (Å²) in [6.45, 7) is 1.56. The van der Waals surface area contributed by atoms with E-state index in [4.69, 9.17) is 14.2 Å². The molecule has 3 aromatic rings. The second-order valence-corrected chi connectivity index (χ2v) is 6.37. The number of hydrogen-bond donors (Lipinski definition) is 1. The van der Waals surface area contributed by atoms with Crippen molar-refractivity contribution in [3.63, 3.8) is 0 Å². The van der Waals surface area contributed by atoms with Crippen LogP contribution in [0, 0.1) is 17.2 Å². The Hall–Kier alpha value is -4.38. The standard InChI is InChI=1S/C23H19N3O5/c1-15(23(27)28)18(13-29-2)17-8-4-6-10-20(17)31-22-11-21(25-14-26-22)30-19-9-5-3-7-16(19)12-24/h3-11,13-15H,1-2H3,(H,27,28)/b18-13+. The highest BCUT2D eigenvalue weighted by atomic mass is 16.5. The molecule has 0 bridgehead atoms. The van der Waals surface area contributed by atoms with E-state index in [1.807, 2.05) is 0 Å². The van der Waals surface area contributed by atoms with Gasteiger partial charge in [0.15, 0.2) is 0 Å². The van der Waals surface area contributed by atoms with E-state index in [-0.39, 0.29) is 11.8 Å². The SMILES string of the molecule is CO/C=C(/c1ccccc1Oc1cc(Oc2ccccc2C#N)ncn1)C(C)C(=O)O. The van der Waals surface area contributed by atoms with Crippen molar-refractivity contribution in [2.75, 3.05) is 7.11 Å². The lowest BCUT2D eigenvalue weighted by atomic mass is 9.94. The maximum atomic E-state index is 11.5. The third-order valence-corrected chi connectivity index (χ3v) is 4.33. The molecular weight excluding hydrogens is 398 g/mol. The number of rotatable bonds is 8. The van der Waals surface area contributed by atoms with Crippen molar-refractivity contribution in [1.82, 2.24) is 9.97 Å². The van der Waals surface area contributed by atoms with Crippen LogP contribution in [-0.4, -0.2) is 28.2 Å². The van der Waals surface area contributed by atoms with Gasteiger partial charge in [-0.25, -0.2) is 9.97 Å². The minimum Gasteiger partial charge on any atom is -0.504 e. The number of hydrogen-bond acceptors (Lipinski definition) is 7. The number of ether oxygens (including phenoxy) is 3. The second-order valence-electron chi connectivity index (χ2n) is 6.37. The zero-order valence-electron chi connectivity index (χ0n) is 16.9. The Morgan fingerprint density at radius 1 is 1.06 bits per heavy atom. The number of aliphatic carboxylic acids is 1. The Morgan fingerprint density at radius 3 is 2.32 bits per heavy atom. The molecule has 0 amide bonds. The quantitative estimate of drug-likeness (QED) is 0.527. The van der Waals surface area contributed by atoms with Crippen molar-refractivity contribution in [1.29, 1.82) is 5.26 Å². The van der Waals surface area contributed by atoms with Gasteiger partial charge in [-0.15, -0.1) is 0 Å². The summed E-state index contributed by atoms with van der Waals surface area (Å²) in [5.41, 5.74) is 1.36. The van der Waals surface area contributed by atoms with Gasteiger partial charge in [-0.1, -0.05) is 30.3 Å². The molecule has 0 aliphatic rings. The van der Waals surface area contributed by atoms with Gasteiger partial charge in [-0.2, -0.15) is 5.26 Å². The molecule has 31 heavy (non-hydrogen) atoms. The van der Waals surface area contributed by atoms with Crippen molar-refractivity contribution >= 4 is 11.5 Å². The molecule has 0 spiro atoms. The van der Waals surface area contributed by atoms with Crippen LogP contribution < -0.4 is 9.47 Å². The number of nitriles is 1. The molecule has 1 atom stereocenters. The molecule has 0 saturated heterocycles. The summed E-state index contributed by atoms with van der Waals surface area (Å²) < 4.78 is 16.7. The van der Waals surface area contributed by atoms with Crippen molar-refractivity contribution in [3.8, 4) is 29.3 Å². The van der Waals surface area contributed by atoms with Gasteiger partial charge >= 0.3 is 5.97 Å². The molecule has 0 fully saturated rings. The smallest absolute Gasteiger partial charge is 0.310 e. The van der Waals surface area contributed by atoms with E-state index in [0.717, 1.165) is 0 Å². The fourth-order valence-electron chi connectivity index (χ4n) is 2.76. The van der Waals surface area contributed by atoms with Crippen LogP contribution in [-0.2, 0) is 9.53 Å². The number of carbonyl (C=O) groups is 1. The molecule has 1 N–H and O–H groups in total. The third kappa shape index (κ3) is 5.16. The first-order chi connectivity index (χ1) is 15.0. The second kappa shape index (κ2) is 9.89. The molecule has 1 aromatic heterocycles. The molecule has 8 nitrogen and oxygen atoms in total. The average Bonchev–Trinajstić information content (AvgIpc) is 2.78. The highest BCUT2D eigenvalue weighted by Crippen LogP contribution is 2.34. The zero-order chi connectivity index (χ0) is 22.2. The lowest BCUT2D eigenvalue weighted by molar-refractivity contribution is -0.139. The van der Waals surface area contributed by atoms with Gasteiger partial charge in [0, 0.05) is 11.1 Å². The lowest BCUT2D eigenvalue weighted by Crippen LogP contribution is -2.12. The van der Waals surface area contributed by atoms with Crippen LogP contribution in [0.1, 0.15) is 18.1 Å². The number of methoxy groups -OCH3 is 1. The van der Waals surface area contributed by atoms with Gasteiger partial charge in [-0.05, 0) is 25.1 Å². The number of nitrogens with zero attached hydrogens (tertiary/aromatic N) is 3. The number of carboxylic acid groups (broad SMARTS) is 1. The normalized spacial score (nSPS) is 11.8. The Balaban J connectivity index is 1.91. The first-order valence-electron chi connectivity index (χ1n) is 9.25. The summed E-state index contributed by atoms with van der Waals surface area (Å²) >= 11 is 0. The van der Waals surface area contributed by atoms with E-state index in [1.54, 1.807) is 55.5 Å². The molecule has 156 valence electrons. The molecule has 8 heteroatoms. The van der Waals surface area contributed by atoms with Crippen LogP contribution in [0.3, 0.4) is 0 Å². The van der Waals surface area contributed by atoms with Crippen LogP contribution in [0.25, 0.3) is 5.57 Å². The maximum Gasteiger partial charge on any atom is 0.310 e. The summed E-state index contributed by atoms with van der Waals surface area (Å²) in [5.74, 6) is -0.691. The first kappa shape index (κ1) is 21.3. The van der Waals surface area contributed by atoms with Crippen LogP contribution in [0.2, 0.25) is 0 Å². The minimum atomic E-state index is -0.994. The highest BCUT2D eigenvalue weighted by Gasteiger charge is 2.22. The number of benzene rings is 2. The van der Waals surface area contributed by atoms with Crippen molar-refractivity contribution < 1.29 is 24.1 Å².